The quantitative estimate of drug-likeness (QED) is 0.751. The average molecular weight is 430 g/mol. The fourth-order valence-corrected chi connectivity index (χ4v) is 3.44. The van der Waals surface area contributed by atoms with Gasteiger partial charge < -0.3 is 19.8 Å². The lowest BCUT2D eigenvalue weighted by Crippen LogP contribution is -2.45. The Balaban J connectivity index is 0.00000196. The molecule has 1 aliphatic heterocycles. The van der Waals surface area contributed by atoms with Gasteiger partial charge in [-0.3, -0.25) is 4.79 Å². The molecule has 1 aromatic carbocycles. The van der Waals surface area contributed by atoms with E-state index in [2.05, 4.69) is 13.8 Å². The minimum Gasteiger partial charge on any atom is -0.442 e. The lowest BCUT2D eigenvalue weighted by molar-refractivity contribution is -0.135. The molecule has 8 heteroatoms. The van der Waals surface area contributed by atoms with Gasteiger partial charge in [-0.05, 0) is 12.8 Å². The number of benzene rings is 1. The summed E-state index contributed by atoms with van der Waals surface area (Å²) < 4.78 is 11.2. The van der Waals surface area contributed by atoms with Gasteiger partial charge in [0.05, 0.1) is 6.61 Å². The largest absolute Gasteiger partial charge is 0.442 e. The minimum atomic E-state index is -0.659. The first-order valence-corrected chi connectivity index (χ1v) is 9.14. The zero-order valence-corrected chi connectivity index (χ0v) is 18.1. The van der Waals surface area contributed by atoms with E-state index in [4.69, 9.17) is 19.9 Å². The molecule has 6 nitrogen and oxygen atoms in total. The van der Waals surface area contributed by atoms with Gasteiger partial charge in [-0.15, -0.1) is 24.8 Å². The van der Waals surface area contributed by atoms with Crippen LogP contribution in [0.25, 0.3) is 11.3 Å². The van der Waals surface area contributed by atoms with Crippen molar-refractivity contribution in [3.8, 4) is 11.3 Å². The Morgan fingerprint density at radius 1 is 1.32 bits per heavy atom. The van der Waals surface area contributed by atoms with Crippen LogP contribution in [0.15, 0.2) is 34.7 Å². The molecule has 1 aliphatic rings. The second-order valence-electron chi connectivity index (χ2n) is 7.04. The predicted octanol–water partition coefficient (Wildman–Crippen LogP) is 3.95. The monoisotopic (exact) mass is 429 g/mol. The first kappa shape index (κ1) is 24.4. The molecule has 0 saturated carbocycles. The van der Waals surface area contributed by atoms with Crippen molar-refractivity contribution >= 4 is 30.7 Å². The van der Waals surface area contributed by atoms with E-state index in [0.717, 1.165) is 29.9 Å². The second kappa shape index (κ2) is 10.8. The molecule has 156 valence electrons. The molecule has 0 aliphatic carbocycles. The van der Waals surface area contributed by atoms with Crippen LogP contribution < -0.4 is 5.73 Å². The number of methoxy groups -OCH3 is 1. The molecule has 0 radical (unpaired) electrons. The Morgan fingerprint density at radius 3 is 2.61 bits per heavy atom. The summed E-state index contributed by atoms with van der Waals surface area (Å²) in [5.41, 5.74) is 7.84. The molecule has 0 bridgehead atoms. The molecule has 2 heterocycles. The summed E-state index contributed by atoms with van der Waals surface area (Å²) in [5.74, 6) is 1.54. The van der Waals surface area contributed by atoms with E-state index in [-0.39, 0.29) is 49.3 Å². The maximum Gasteiger partial charge on any atom is 0.242 e. The molecule has 1 aromatic heterocycles. The highest BCUT2D eigenvalue weighted by atomic mass is 35.5. The minimum absolute atomic E-state index is 0. The highest BCUT2D eigenvalue weighted by Crippen LogP contribution is 2.37. The van der Waals surface area contributed by atoms with Crippen LogP contribution in [0.3, 0.4) is 0 Å². The molecule has 2 aromatic rings. The number of likely N-dealkylation sites (tertiary alicyclic amines) is 1. The van der Waals surface area contributed by atoms with Gasteiger partial charge in [-0.25, -0.2) is 4.98 Å². The van der Waals surface area contributed by atoms with Crippen molar-refractivity contribution in [2.24, 2.45) is 5.73 Å². The zero-order chi connectivity index (χ0) is 18.7. The topological polar surface area (TPSA) is 81.6 Å². The standard InChI is InChI=1S/C20H27N3O3.2ClH/c1-13(2)18-17(14-8-5-4-6-9-14)22-19(26-18)16-10-7-11-23(16)20(24)15(21)12-25-3;;/h4-6,8-9,13,15-16H,7,10-12,21H2,1-3H3;2*1H. The summed E-state index contributed by atoms with van der Waals surface area (Å²) in [6.07, 6.45) is 1.74. The zero-order valence-electron chi connectivity index (χ0n) is 16.5. The van der Waals surface area contributed by atoms with Crippen molar-refractivity contribution in [3.05, 3.63) is 42.0 Å². The molecule has 1 fully saturated rings. The maximum atomic E-state index is 12.7. The van der Waals surface area contributed by atoms with Gasteiger partial charge in [0.15, 0.2) is 0 Å². The predicted molar refractivity (Wildman–Crippen MR) is 114 cm³/mol. The van der Waals surface area contributed by atoms with Gasteiger partial charge in [0.25, 0.3) is 0 Å². The molecular formula is C20H29Cl2N3O3. The number of hydrogen-bond donors (Lipinski definition) is 1. The van der Waals surface area contributed by atoms with E-state index < -0.39 is 6.04 Å². The summed E-state index contributed by atoms with van der Waals surface area (Å²) in [6, 6.07) is 9.19. The van der Waals surface area contributed by atoms with E-state index in [1.807, 2.05) is 30.3 Å². The van der Waals surface area contributed by atoms with Gasteiger partial charge in [0.1, 0.15) is 23.5 Å². The van der Waals surface area contributed by atoms with Crippen LogP contribution in [0, 0.1) is 0 Å². The van der Waals surface area contributed by atoms with Crippen molar-refractivity contribution in [1.29, 1.82) is 0 Å². The van der Waals surface area contributed by atoms with Gasteiger partial charge in [0, 0.05) is 25.1 Å². The highest BCUT2D eigenvalue weighted by molar-refractivity contribution is 5.85. The Labute approximate surface area is 178 Å². The smallest absolute Gasteiger partial charge is 0.242 e. The number of aromatic nitrogens is 1. The second-order valence-corrected chi connectivity index (χ2v) is 7.04. The molecule has 2 unspecified atom stereocenters. The number of nitrogens with zero attached hydrogens (tertiary/aromatic N) is 2. The fourth-order valence-electron chi connectivity index (χ4n) is 3.44. The molecule has 1 amide bonds. The lowest BCUT2D eigenvalue weighted by atomic mass is 10.0. The molecule has 2 N–H and O–H groups in total. The number of hydrogen-bond acceptors (Lipinski definition) is 5. The van der Waals surface area contributed by atoms with Crippen molar-refractivity contribution in [2.75, 3.05) is 20.3 Å². The Hall–Kier alpha value is -1.60. The Bertz CT molecular complexity index is 752. The van der Waals surface area contributed by atoms with Crippen molar-refractivity contribution in [1.82, 2.24) is 9.88 Å². The number of ether oxygens (including phenoxy) is 1. The summed E-state index contributed by atoms with van der Waals surface area (Å²) in [5, 5.41) is 0. The highest BCUT2D eigenvalue weighted by Gasteiger charge is 2.36. The van der Waals surface area contributed by atoms with Crippen LogP contribution in [0.5, 0.6) is 0 Å². The van der Waals surface area contributed by atoms with E-state index in [9.17, 15) is 4.79 Å². The Morgan fingerprint density at radius 2 is 2.00 bits per heavy atom. The van der Waals surface area contributed by atoms with Crippen LogP contribution >= 0.6 is 24.8 Å². The molecule has 2 atom stereocenters. The van der Waals surface area contributed by atoms with Crippen LogP contribution in [0.2, 0.25) is 0 Å². The molecule has 3 rings (SSSR count). The van der Waals surface area contributed by atoms with Gasteiger partial charge in [-0.1, -0.05) is 44.2 Å². The van der Waals surface area contributed by atoms with Crippen molar-refractivity contribution in [2.45, 2.75) is 44.7 Å². The normalized spacial score (nSPS) is 17.2. The van der Waals surface area contributed by atoms with Gasteiger partial charge in [-0.2, -0.15) is 0 Å². The molecular weight excluding hydrogens is 401 g/mol. The molecule has 0 spiro atoms. The first-order valence-electron chi connectivity index (χ1n) is 9.14. The summed E-state index contributed by atoms with van der Waals surface area (Å²) >= 11 is 0. The third kappa shape index (κ3) is 5.06. The van der Waals surface area contributed by atoms with E-state index in [1.54, 1.807) is 12.0 Å². The number of nitrogens with two attached hydrogens (primary N) is 1. The fraction of sp³-hybridized carbons (Fsp3) is 0.500. The van der Waals surface area contributed by atoms with Crippen LogP contribution in [0.1, 0.15) is 50.3 Å². The third-order valence-corrected chi connectivity index (χ3v) is 4.73. The SMILES string of the molecule is COCC(N)C(=O)N1CCCC1c1nc(-c2ccccc2)c(C(C)C)o1.Cl.Cl. The summed E-state index contributed by atoms with van der Waals surface area (Å²) in [7, 11) is 1.55. The van der Waals surface area contributed by atoms with E-state index >= 15 is 0 Å². The van der Waals surface area contributed by atoms with E-state index in [0.29, 0.717) is 12.4 Å². The number of amides is 1. The van der Waals surface area contributed by atoms with Gasteiger partial charge >= 0.3 is 0 Å². The van der Waals surface area contributed by atoms with Gasteiger partial charge in [0.2, 0.25) is 11.8 Å². The van der Waals surface area contributed by atoms with Crippen LogP contribution in [-0.2, 0) is 9.53 Å². The summed E-state index contributed by atoms with van der Waals surface area (Å²) in [4.78, 5) is 19.2. The van der Waals surface area contributed by atoms with Crippen molar-refractivity contribution < 1.29 is 13.9 Å². The lowest BCUT2D eigenvalue weighted by Gasteiger charge is -2.25. The van der Waals surface area contributed by atoms with Crippen LogP contribution in [-0.4, -0.2) is 42.1 Å². The first-order chi connectivity index (χ1) is 12.5. The average Bonchev–Trinajstić information content (AvgIpc) is 3.29. The van der Waals surface area contributed by atoms with Crippen LogP contribution in [0.4, 0.5) is 0 Å². The maximum absolute atomic E-state index is 12.7. The molecule has 1 saturated heterocycles. The number of halogens is 2. The number of carbonyl (C=O) groups is 1. The molecule has 28 heavy (non-hydrogen) atoms. The van der Waals surface area contributed by atoms with E-state index in [1.165, 1.54) is 0 Å². The number of oxazole rings is 1. The number of carbonyl (C=O) groups excluding carboxylic acids is 1. The summed E-state index contributed by atoms with van der Waals surface area (Å²) in [6.45, 7) is 5.05. The third-order valence-electron chi connectivity index (χ3n) is 4.73. The van der Waals surface area contributed by atoms with Crippen molar-refractivity contribution in [3.63, 3.8) is 0 Å². The number of rotatable bonds is 6. The Kier molecular flexibility index (Phi) is 9.44.